The van der Waals surface area contributed by atoms with Crippen LogP contribution in [0.15, 0.2) is 23.5 Å². The van der Waals surface area contributed by atoms with Crippen LogP contribution in [0.3, 0.4) is 0 Å². The maximum atomic E-state index is 13.0. The molecule has 2 aliphatic heterocycles. The number of nitrogens with zero attached hydrogens (tertiary/aromatic N) is 2. The van der Waals surface area contributed by atoms with Crippen LogP contribution in [0.4, 0.5) is 13.2 Å². The SMILES string of the molecule is O=C(N[C@H]1COC2=C(CC(C(F)(F)F)C=C2)C1)c1nn2c(c1I)COCC2. The monoisotopic (exact) mass is 495 g/mol. The van der Waals surface area contributed by atoms with Gasteiger partial charge in [-0.25, -0.2) is 0 Å². The topological polar surface area (TPSA) is 65.4 Å². The van der Waals surface area contributed by atoms with Gasteiger partial charge in [-0.2, -0.15) is 18.3 Å². The number of rotatable bonds is 2. The van der Waals surface area contributed by atoms with Gasteiger partial charge in [0.15, 0.2) is 5.69 Å². The van der Waals surface area contributed by atoms with Crippen LogP contribution in [0.25, 0.3) is 0 Å². The summed E-state index contributed by atoms with van der Waals surface area (Å²) in [4.78, 5) is 12.6. The minimum Gasteiger partial charge on any atom is -0.492 e. The van der Waals surface area contributed by atoms with Gasteiger partial charge in [0, 0.05) is 0 Å². The van der Waals surface area contributed by atoms with Gasteiger partial charge >= 0.3 is 6.18 Å². The Morgan fingerprint density at radius 2 is 2.19 bits per heavy atom. The number of alkyl halides is 3. The van der Waals surface area contributed by atoms with Gasteiger partial charge in [-0.15, -0.1) is 0 Å². The molecule has 3 heterocycles. The van der Waals surface area contributed by atoms with Crippen molar-refractivity contribution in [2.75, 3.05) is 13.2 Å². The number of amides is 1. The highest BCUT2D eigenvalue weighted by Gasteiger charge is 2.41. The molecular formula is C17H17F3IN3O3. The first-order valence-corrected chi connectivity index (χ1v) is 9.64. The molecule has 27 heavy (non-hydrogen) atoms. The van der Waals surface area contributed by atoms with E-state index in [9.17, 15) is 18.0 Å². The molecule has 1 unspecified atom stereocenters. The summed E-state index contributed by atoms with van der Waals surface area (Å²) in [5, 5.41) is 7.19. The van der Waals surface area contributed by atoms with Crippen LogP contribution in [0, 0.1) is 9.49 Å². The van der Waals surface area contributed by atoms with Crippen molar-refractivity contribution < 1.29 is 27.4 Å². The lowest BCUT2D eigenvalue weighted by Gasteiger charge is -2.31. The third-order valence-corrected chi connectivity index (χ3v) is 6.01. The smallest absolute Gasteiger partial charge is 0.395 e. The van der Waals surface area contributed by atoms with Crippen LogP contribution in [0.5, 0.6) is 0 Å². The number of carbonyl (C=O) groups excluding carboxylic acids is 1. The summed E-state index contributed by atoms with van der Waals surface area (Å²) in [6, 6.07) is -0.387. The second kappa shape index (κ2) is 7.12. The van der Waals surface area contributed by atoms with E-state index in [1.807, 2.05) is 0 Å². The molecule has 0 aromatic carbocycles. The number of fused-ring (bicyclic) bond motifs is 1. The lowest BCUT2D eigenvalue weighted by molar-refractivity contribution is -0.161. The number of hydrogen-bond donors (Lipinski definition) is 1. The molecule has 0 saturated carbocycles. The molecule has 1 aliphatic carbocycles. The molecule has 4 rings (SSSR count). The van der Waals surface area contributed by atoms with Gasteiger partial charge in [0.1, 0.15) is 12.4 Å². The molecule has 6 nitrogen and oxygen atoms in total. The van der Waals surface area contributed by atoms with Crippen LogP contribution in [-0.4, -0.2) is 41.1 Å². The van der Waals surface area contributed by atoms with Gasteiger partial charge in [-0.1, -0.05) is 6.08 Å². The van der Waals surface area contributed by atoms with Crippen LogP contribution in [-0.2, 0) is 22.6 Å². The standard InChI is InChI=1S/C17H17F3IN3O3/c18-17(19,20)10-1-2-13-9(5-10)6-11(7-27-13)22-16(25)15-14(21)12-8-26-4-3-24(12)23-15/h1-2,10-11H,3-8H2,(H,22,25)/t10?,11-/m1/s1. The molecule has 0 radical (unpaired) electrons. The number of hydrogen-bond acceptors (Lipinski definition) is 4. The van der Waals surface area contributed by atoms with Crippen molar-refractivity contribution in [1.82, 2.24) is 15.1 Å². The Labute approximate surface area is 166 Å². The average molecular weight is 495 g/mol. The van der Waals surface area contributed by atoms with E-state index < -0.39 is 12.1 Å². The Hall–Kier alpha value is -1.56. The fourth-order valence-electron chi connectivity index (χ4n) is 3.47. The summed E-state index contributed by atoms with van der Waals surface area (Å²) < 4.78 is 52.4. The summed E-state index contributed by atoms with van der Waals surface area (Å²) >= 11 is 2.07. The molecule has 1 N–H and O–H groups in total. The Morgan fingerprint density at radius 1 is 1.37 bits per heavy atom. The van der Waals surface area contributed by atoms with Crippen LogP contribution in [0.1, 0.15) is 29.0 Å². The van der Waals surface area contributed by atoms with Gasteiger partial charge in [0.2, 0.25) is 0 Å². The summed E-state index contributed by atoms with van der Waals surface area (Å²) in [6.45, 7) is 1.77. The van der Waals surface area contributed by atoms with Gasteiger partial charge in [-0.3, -0.25) is 9.48 Å². The Morgan fingerprint density at radius 3 is 2.93 bits per heavy atom. The zero-order valence-corrected chi connectivity index (χ0v) is 16.3. The molecule has 0 saturated heterocycles. The lowest BCUT2D eigenvalue weighted by Crippen LogP contribution is -2.41. The molecule has 0 fully saturated rings. The predicted molar refractivity (Wildman–Crippen MR) is 96.8 cm³/mol. The average Bonchev–Trinajstić information content (AvgIpc) is 2.97. The van der Waals surface area contributed by atoms with E-state index in [0.717, 1.165) is 15.3 Å². The molecule has 0 bridgehead atoms. The second-order valence-corrected chi connectivity index (χ2v) is 7.83. The molecule has 2 atom stereocenters. The second-order valence-electron chi connectivity index (χ2n) is 6.75. The van der Waals surface area contributed by atoms with E-state index in [2.05, 4.69) is 33.0 Å². The van der Waals surface area contributed by atoms with Gasteiger partial charge < -0.3 is 14.8 Å². The van der Waals surface area contributed by atoms with Crippen molar-refractivity contribution in [3.63, 3.8) is 0 Å². The lowest BCUT2D eigenvalue weighted by atomic mass is 9.88. The third kappa shape index (κ3) is 3.73. The number of ether oxygens (including phenoxy) is 2. The Balaban J connectivity index is 1.44. The van der Waals surface area contributed by atoms with E-state index in [0.29, 0.717) is 43.2 Å². The molecule has 3 aliphatic rings. The van der Waals surface area contributed by atoms with Crippen molar-refractivity contribution >= 4 is 28.5 Å². The Bertz CT molecular complexity index is 831. The number of nitrogens with one attached hydrogen (secondary N) is 1. The molecule has 1 amide bonds. The number of carbonyl (C=O) groups is 1. The number of aromatic nitrogens is 2. The summed E-state index contributed by atoms with van der Waals surface area (Å²) in [6.07, 6.45) is -1.54. The maximum Gasteiger partial charge on any atom is 0.395 e. The normalized spacial score (nSPS) is 24.9. The van der Waals surface area contributed by atoms with Gasteiger partial charge in [0.05, 0.1) is 41.0 Å². The summed E-state index contributed by atoms with van der Waals surface area (Å²) in [7, 11) is 0. The van der Waals surface area contributed by atoms with E-state index in [1.54, 1.807) is 4.68 Å². The quantitative estimate of drug-likeness (QED) is 0.642. The van der Waals surface area contributed by atoms with Crippen molar-refractivity contribution in [2.45, 2.75) is 38.2 Å². The first kappa shape index (κ1) is 18.8. The first-order chi connectivity index (χ1) is 12.8. The number of halogens is 4. The van der Waals surface area contributed by atoms with Crippen molar-refractivity contribution in [3.05, 3.63) is 38.4 Å². The van der Waals surface area contributed by atoms with Crippen molar-refractivity contribution in [3.8, 4) is 0 Å². The molecule has 1 aromatic rings. The predicted octanol–water partition coefficient (Wildman–Crippen LogP) is 2.93. The highest BCUT2D eigenvalue weighted by Crippen LogP contribution is 2.39. The van der Waals surface area contributed by atoms with Crippen LogP contribution < -0.4 is 5.32 Å². The summed E-state index contributed by atoms with van der Waals surface area (Å²) in [5.41, 5.74) is 1.76. The molecule has 10 heteroatoms. The van der Waals surface area contributed by atoms with Gasteiger partial charge in [0.25, 0.3) is 5.91 Å². The Kier molecular flexibility index (Phi) is 4.95. The minimum atomic E-state index is -4.28. The fraction of sp³-hybridized carbons (Fsp3) is 0.529. The highest BCUT2D eigenvalue weighted by molar-refractivity contribution is 14.1. The fourth-order valence-corrected chi connectivity index (χ4v) is 4.26. The van der Waals surface area contributed by atoms with E-state index in [-0.39, 0.29) is 25.0 Å². The van der Waals surface area contributed by atoms with Crippen LogP contribution in [0.2, 0.25) is 0 Å². The van der Waals surface area contributed by atoms with Gasteiger partial charge in [-0.05, 0) is 47.1 Å². The molecule has 0 spiro atoms. The van der Waals surface area contributed by atoms with Crippen molar-refractivity contribution in [2.24, 2.45) is 5.92 Å². The van der Waals surface area contributed by atoms with E-state index in [4.69, 9.17) is 9.47 Å². The minimum absolute atomic E-state index is 0.130. The molecular weight excluding hydrogens is 478 g/mol. The van der Waals surface area contributed by atoms with E-state index in [1.165, 1.54) is 6.08 Å². The maximum absolute atomic E-state index is 13.0. The van der Waals surface area contributed by atoms with E-state index >= 15 is 0 Å². The first-order valence-electron chi connectivity index (χ1n) is 8.56. The van der Waals surface area contributed by atoms with Crippen molar-refractivity contribution in [1.29, 1.82) is 0 Å². The van der Waals surface area contributed by atoms with Crippen LogP contribution >= 0.6 is 22.6 Å². The highest BCUT2D eigenvalue weighted by atomic mass is 127. The summed E-state index contributed by atoms with van der Waals surface area (Å²) in [5.74, 6) is -1.36. The third-order valence-electron chi connectivity index (χ3n) is 4.88. The zero-order chi connectivity index (χ0) is 19.2. The largest absolute Gasteiger partial charge is 0.492 e. The zero-order valence-electron chi connectivity index (χ0n) is 14.2. The molecule has 1 aromatic heterocycles. The number of allylic oxidation sites excluding steroid dienone is 2. The molecule has 146 valence electrons.